The molecule has 0 spiro atoms. The summed E-state index contributed by atoms with van der Waals surface area (Å²) in [5.74, 6) is -3.15. The van der Waals surface area contributed by atoms with Crippen molar-refractivity contribution in [3.63, 3.8) is 0 Å². The molecule has 1 heterocycles. The third-order valence-corrected chi connectivity index (χ3v) is 3.78. The van der Waals surface area contributed by atoms with Crippen molar-refractivity contribution in [2.75, 3.05) is 11.4 Å². The van der Waals surface area contributed by atoms with Gasteiger partial charge >= 0.3 is 18.4 Å². The van der Waals surface area contributed by atoms with Crippen molar-refractivity contribution in [1.29, 1.82) is 0 Å². The maximum Gasteiger partial charge on any atom is 0.419 e. The van der Waals surface area contributed by atoms with E-state index in [0.717, 1.165) is 17.0 Å². The predicted molar refractivity (Wildman–Crippen MR) is 87.4 cm³/mol. The van der Waals surface area contributed by atoms with Gasteiger partial charge in [0.05, 0.1) is 11.1 Å². The molecule has 3 nitrogen and oxygen atoms in total. The molecule has 0 aromatic heterocycles. The van der Waals surface area contributed by atoms with E-state index in [0.29, 0.717) is 24.3 Å². The first-order chi connectivity index (χ1) is 13.4. The number of hydrogen-bond donors (Lipinski definition) is 0. The molecule has 0 radical (unpaired) electrons. The molecule has 1 aliphatic rings. The van der Waals surface area contributed by atoms with Crippen molar-refractivity contribution in [1.82, 2.24) is 0 Å². The molecule has 2 aromatic carbocycles. The first-order valence-electron chi connectivity index (χ1n) is 7.88. The fourth-order valence-electron chi connectivity index (χ4n) is 2.50. The number of amidine groups is 1. The molecule has 0 bridgehead atoms. The summed E-state index contributed by atoms with van der Waals surface area (Å²) in [5, 5.41) is 0. The van der Waals surface area contributed by atoms with Crippen molar-refractivity contribution >= 4 is 11.7 Å². The zero-order chi connectivity index (χ0) is 21.4. The predicted octanol–water partition coefficient (Wildman–Crippen LogP) is 5.77. The van der Waals surface area contributed by atoms with Crippen molar-refractivity contribution in [3.8, 4) is 5.75 Å². The molecule has 0 N–H and O–H groups in total. The number of benzene rings is 2. The number of halogens is 8. The lowest BCUT2D eigenvalue weighted by Gasteiger charge is -2.27. The van der Waals surface area contributed by atoms with Crippen molar-refractivity contribution in [2.45, 2.75) is 12.4 Å². The second-order valence-corrected chi connectivity index (χ2v) is 5.84. The van der Waals surface area contributed by atoms with Gasteiger partial charge in [-0.25, -0.2) is 13.8 Å². The molecule has 2 aromatic rings. The number of nitrogens with zero attached hydrogens (tertiary/aromatic N) is 2. The van der Waals surface area contributed by atoms with Gasteiger partial charge in [0.25, 0.3) is 0 Å². The molecule has 0 aliphatic carbocycles. The standard InChI is InChI=1S/C18H10F8N2O/c19-11-6-10(17(21,22)23)7-12(8-11)28-5-1-4-27-16(28)29-13-2-3-15(20)14(9-13)18(24,25)26/h1-4,6-9H,5H2. The van der Waals surface area contributed by atoms with Crippen LogP contribution in [0.4, 0.5) is 40.8 Å². The van der Waals surface area contributed by atoms with Crippen LogP contribution in [0.2, 0.25) is 0 Å². The molecule has 3 rings (SSSR count). The maximum atomic E-state index is 13.7. The minimum Gasteiger partial charge on any atom is -0.425 e. The molecule has 0 amide bonds. The Labute approximate surface area is 158 Å². The Balaban J connectivity index is 1.95. The Hall–Kier alpha value is -3.11. The summed E-state index contributed by atoms with van der Waals surface area (Å²) in [5.41, 5.74) is -3.13. The number of rotatable bonds is 2. The highest BCUT2D eigenvalue weighted by atomic mass is 19.4. The van der Waals surface area contributed by atoms with Crippen LogP contribution in [0, 0.1) is 11.6 Å². The Kier molecular flexibility index (Phi) is 5.24. The average Bonchev–Trinajstić information content (AvgIpc) is 2.61. The molecule has 11 heteroatoms. The highest BCUT2D eigenvalue weighted by Gasteiger charge is 2.35. The van der Waals surface area contributed by atoms with Crippen molar-refractivity contribution < 1.29 is 39.9 Å². The summed E-state index contributed by atoms with van der Waals surface area (Å²) < 4.78 is 110. The summed E-state index contributed by atoms with van der Waals surface area (Å²) in [6.45, 7) is -0.0904. The summed E-state index contributed by atoms with van der Waals surface area (Å²) in [4.78, 5) is 4.80. The van der Waals surface area contributed by atoms with Gasteiger partial charge in [-0.15, -0.1) is 0 Å². The minimum atomic E-state index is -4.98. The maximum absolute atomic E-state index is 13.7. The summed E-state index contributed by atoms with van der Waals surface area (Å²) in [7, 11) is 0. The normalized spacial score (nSPS) is 14.8. The first-order valence-corrected chi connectivity index (χ1v) is 7.88. The summed E-state index contributed by atoms with van der Waals surface area (Å²) in [6, 6.07) is 3.15. The lowest BCUT2D eigenvalue weighted by molar-refractivity contribution is -0.140. The summed E-state index contributed by atoms with van der Waals surface area (Å²) >= 11 is 0. The second-order valence-electron chi connectivity index (χ2n) is 5.84. The summed E-state index contributed by atoms with van der Waals surface area (Å²) in [6.07, 6.45) is -7.18. The fraction of sp³-hybridized carbons (Fsp3) is 0.167. The van der Waals surface area contributed by atoms with Gasteiger partial charge in [0.1, 0.15) is 17.4 Å². The number of alkyl halides is 6. The van der Waals surface area contributed by atoms with Crippen LogP contribution in [0.3, 0.4) is 0 Å². The molecule has 0 saturated carbocycles. The number of hydrogen-bond acceptors (Lipinski definition) is 3. The van der Waals surface area contributed by atoms with Crippen LogP contribution >= 0.6 is 0 Å². The second kappa shape index (κ2) is 7.37. The SMILES string of the molecule is Fc1cc(N2CC=CN=C2Oc2ccc(F)c(C(F)(F)F)c2)cc(C(F)(F)F)c1. The van der Waals surface area contributed by atoms with E-state index in [9.17, 15) is 35.1 Å². The van der Waals surface area contributed by atoms with Crippen LogP contribution in [-0.2, 0) is 12.4 Å². The highest BCUT2D eigenvalue weighted by Crippen LogP contribution is 2.35. The zero-order valence-electron chi connectivity index (χ0n) is 14.2. The average molecular weight is 422 g/mol. The number of anilines is 1. The smallest absolute Gasteiger partial charge is 0.419 e. The van der Waals surface area contributed by atoms with Gasteiger partial charge in [0.2, 0.25) is 0 Å². The van der Waals surface area contributed by atoms with Crippen LogP contribution in [0.15, 0.2) is 53.7 Å². The van der Waals surface area contributed by atoms with Crippen LogP contribution in [0.5, 0.6) is 5.75 Å². The highest BCUT2D eigenvalue weighted by molar-refractivity contribution is 5.94. The molecule has 0 saturated heterocycles. The van der Waals surface area contributed by atoms with Gasteiger partial charge in [0.15, 0.2) is 0 Å². The molecule has 0 atom stereocenters. The van der Waals surface area contributed by atoms with Crippen LogP contribution in [-0.4, -0.2) is 12.6 Å². The van der Waals surface area contributed by atoms with E-state index in [1.807, 2.05) is 0 Å². The van der Waals surface area contributed by atoms with Gasteiger partial charge in [-0.05, 0) is 42.5 Å². The third kappa shape index (κ3) is 4.66. The molecular weight excluding hydrogens is 412 g/mol. The van der Waals surface area contributed by atoms with Crippen molar-refractivity contribution in [2.24, 2.45) is 4.99 Å². The van der Waals surface area contributed by atoms with E-state index >= 15 is 0 Å². The lowest BCUT2D eigenvalue weighted by Crippen LogP contribution is -2.37. The molecule has 0 unspecified atom stereocenters. The lowest BCUT2D eigenvalue weighted by atomic mass is 10.1. The van der Waals surface area contributed by atoms with Crippen molar-refractivity contribution in [3.05, 3.63) is 71.4 Å². The molecule has 0 fully saturated rings. The quantitative estimate of drug-likeness (QED) is 0.574. The Morgan fingerprint density at radius 1 is 0.897 bits per heavy atom. The molecule has 154 valence electrons. The van der Waals surface area contributed by atoms with E-state index < -0.39 is 46.9 Å². The number of aliphatic imine (C=N–C) groups is 1. The van der Waals surface area contributed by atoms with E-state index in [1.165, 1.54) is 12.3 Å². The van der Waals surface area contributed by atoms with Gasteiger partial charge in [-0.2, -0.15) is 26.3 Å². The minimum absolute atomic E-state index is 0.0904. The third-order valence-electron chi connectivity index (χ3n) is 3.78. The largest absolute Gasteiger partial charge is 0.425 e. The van der Waals surface area contributed by atoms with Crippen LogP contribution < -0.4 is 9.64 Å². The van der Waals surface area contributed by atoms with E-state index in [-0.39, 0.29) is 12.2 Å². The molecule has 29 heavy (non-hydrogen) atoms. The molecule has 1 aliphatic heterocycles. The zero-order valence-corrected chi connectivity index (χ0v) is 14.2. The van der Waals surface area contributed by atoms with Gasteiger partial charge in [-0.1, -0.05) is 0 Å². The molecular formula is C18H10F8N2O. The van der Waals surface area contributed by atoms with Gasteiger partial charge < -0.3 is 4.74 Å². The topological polar surface area (TPSA) is 24.8 Å². The van der Waals surface area contributed by atoms with Gasteiger partial charge in [0, 0.05) is 18.4 Å². The monoisotopic (exact) mass is 422 g/mol. The Bertz CT molecular complexity index is 979. The van der Waals surface area contributed by atoms with E-state index in [1.54, 1.807) is 0 Å². The number of ether oxygens (including phenoxy) is 1. The van der Waals surface area contributed by atoms with E-state index in [4.69, 9.17) is 4.74 Å². The van der Waals surface area contributed by atoms with Crippen LogP contribution in [0.1, 0.15) is 11.1 Å². The van der Waals surface area contributed by atoms with Gasteiger partial charge in [-0.3, -0.25) is 4.90 Å². The first kappa shape index (κ1) is 20.6. The Morgan fingerprint density at radius 2 is 1.62 bits per heavy atom. The van der Waals surface area contributed by atoms with E-state index in [2.05, 4.69) is 4.99 Å². The fourth-order valence-corrected chi connectivity index (χ4v) is 2.50. The Morgan fingerprint density at radius 3 is 2.28 bits per heavy atom. The van der Waals surface area contributed by atoms with Crippen LogP contribution in [0.25, 0.3) is 0 Å².